The molecule has 1 N–H and O–H groups in total. The number of ether oxygens (including phenoxy) is 1. The van der Waals surface area contributed by atoms with E-state index in [-0.39, 0.29) is 6.42 Å². The van der Waals surface area contributed by atoms with Gasteiger partial charge < -0.3 is 9.84 Å². The molecule has 0 bridgehead atoms. The summed E-state index contributed by atoms with van der Waals surface area (Å²) < 4.78 is 5.33. The number of aryl methyl sites for hydroxylation is 1. The summed E-state index contributed by atoms with van der Waals surface area (Å²) in [6, 6.07) is 6.28. The van der Waals surface area contributed by atoms with Gasteiger partial charge in [-0.15, -0.1) is 0 Å². The van der Waals surface area contributed by atoms with Crippen molar-refractivity contribution in [2.24, 2.45) is 0 Å². The lowest BCUT2D eigenvalue weighted by molar-refractivity contribution is -0.136. The highest BCUT2D eigenvalue weighted by atomic mass is 16.5. The lowest BCUT2D eigenvalue weighted by Gasteiger charge is -2.23. The molecule has 2 rings (SSSR count). The fourth-order valence-electron chi connectivity index (χ4n) is 2.93. The molecular formula is C16H22O3. The van der Waals surface area contributed by atoms with Crippen LogP contribution in [0.2, 0.25) is 0 Å². The lowest BCUT2D eigenvalue weighted by atomic mass is 9.83. The zero-order chi connectivity index (χ0) is 13.7. The standard InChI is InChI=1S/C16H22O3/c1-19-15-9-7-13(12-5-3-2-4-6-12)11-14(15)8-10-16(17)18/h7,9,11-12H,2-6,8,10H2,1H3,(H,17,18). The van der Waals surface area contributed by atoms with Crippen molar-refractivity contribution in [2.45, 2.75) is 50.9 Å². The van der Waals surface area contributed by atoms with Gasteiger partial charge in [-0.2, -0.15) is 0 Å². The molecule has 3 nitrogen and oxygen atoms in total. The maximum absolute atomic E-state index is 10.7. The first kappa shape index (κ1) is 13.9. The Morgan fingerprint density at radius 1 is 1.32 bits per heavy atom. The van der Waals surface area contributed by atoms with E-state index in [1.54, 1.807) is 7.11 Å². The first-order valence-corrected chi connectivity index (χ1v) is 7.09. The normalized spacial score (nSPS) is 16.3. The van der Waals surface area contributed by atoms with E-state index in [1.165, 1.54) is 37.7 Å². The summed E-state index contributed by atoms with van der Waals surface area (Å²) in [6.45, 7) is 0. The Bertz CT molecular complexity index is 434. The molecule has 3 heteroatoms. The van der Waals surface area contributed by atoms with Gasteiger partial charge in [0.2, 0.25) is 0 Å². The maximum atomic E-state index is 10.7. The molecule has 0 atom stereocenters. The van der Waals surface area contributed by atoms with Crippen molar-refractivity contribution in [3.63, 3.8) is 0 Å². The van der Waals surface area contributed by atoms with Gasteiger partial charge in [0.1, 0.15) is 5.75 Å². The average molecular weight is 262 g/mol. The summed E-state index contributed by atoms with van der Waals surface area (Å²) in [6.07, 6.45) is 7.17. The molecule has 1 aromatic rings. The zero-order valence-corrected chi connectivity index (χ0v) is 11.5. The van der Waals surface area contributed by atoms with Gasteiger partial charge in [0.25, 0.3) is 0 Å². The van der Waals surface area contributed by atoms with Crippen LogP contribution in [0.1, 0.15) is 55.6 Å². The third-order valence-electron chi connectivity index (χ3n) is 3.99. The molecule has 1 aliphatic carbocycles. The molecule has 0 aromatic heterocycles. The Balaban J connectivity index is 2.16. The summed E-state index contributed by atoms with van der Waals surface area (Å²) >= 11 is 0. The van der Waals surface area contributed by atoms with Crippen LogP contribution in [0.4, 0.5) is 0 Å². The maximum Gasteiger partial charge on any atom is 0.303 e. The molecule has 0 radical (unpaired) electrons. The second-order valence-corrected chi connectivity index (χ2v) is 5.30. The molecule has 0 unspecified atom stereocenters. The molecule has 0 spiro atoms. The van der Waals surface area contributed by atoms with Crippen LogP contribution in [-0.2, 0) is 11.2 Å². The van der Waals surface area contributed by atoms with Crippen LogP contribution in [0.15, 0.2) is 18.2 Å². The molecule has 0 amide bonds. The highest BCUT2D eigenvalue weighted by Crippen LogP contribution is 2.34. The van der Waals surface area contributed by atoms with Crippen molar-refractivity contribution in [2.75, 3.05) is 7.11 Å². The van der Waals surface area contributed by atoms with E-state index in [2.05, 4.69) is 12.1 Å². The van der Waals surface area contributed by atoms with Crippen LogP contribution in [-0.4, -0.2) is 18.2 Å². The zero-order valence-electron chi connectivity index (χ0n) is 11.5. The number of hydrogen-bond donors (Lipinski definition) is 1. The summed E-state index contributed by atoms with van der Waals surface area (Å²) in [5, 5.41) is 8.82. The molecule has 1 fully saturated rings. The second kappa shape index (κ2) is 6.60. The minimum atomic E-state index is -0.759. The smallest absolute Gasteiger partial charge is 0.303 e. The van der Waals surface area contributed by atoms with Crippen molar-refractivity contribution in [1.29, 1.82) is 0 Å². The SMILES string of the molecule is COc1ccc(C2CCCCC2)cc1CCC(=O)O. The van der Waals surface area contributed by atoms with E-state index in [0.717, 1.165) is 11.3 Å². The number of benzene rings is 1. The molecule has 104 valence electrons. The summed E-state index contributed by atoms with van der Waals surface area (Å²) in [7, 11) is 1.64. The van der Waals surface area contributed by atoms with Crippen LogP contribution in [0.3, 0.4) is 0 Å². The Labute approximate surface area is 114 Å². The van der Waals surface area contributed by atoms with Gasteiger partial charge in [-0.25, -0.2) is 0 Å². The molecule has 0 saturated heterocycles. The van der Waals surface area contributed by atoms with Crippen LogP contribution < -0.4 is 4.74 Å². The third-order valence-corrected chi connectivity index (χ3v) is 3.99. The molecule has 1 saturated carbocycles. The molecule has 0 aliphatic heterocycles. The monoisotopic (exact) mass is 262 g/mol. The Morgan fingerprint density at radius 2 is 2.05 bits per heavy atom. The number of methoxy groups -OCH3 is 1. The molecule has 1 aliphatic rings. The highest BCUT2D eigenvalue weighted by molar-refractivity contribution is 5.67. The number of hydrogen-bond acceptors (Lipinski definition) is 2. The Kier molecular flexibility index (Phi) is 4.83. The van der Waals surface area contributed by atoms with Crippen molar-refractivity contribution >= 4 is 5.97 Å². The van der Waals surface area contributed by atoms with Crippen LogP contribution in [0.5, 0.6) is 5.75 Å². The average Bonchev–Trinajstić information content (AvgIpc) is 2.45. The number of carboxylic acids is 1. The van der Waals surface area contributed by atoms with Crippen LogP contribution in [0.25, 0.3) is 0 Å². The summed E-state index contributed by atoms with van der Waals surface area (Å²) in [4.78, 5) is 10.7. The summed E-state index contributed by atoms with van der Waals surface area (Å²) in [5.41, 5.74) is 2.37. The largest absolute Gasteiger partial charge is 0.496 e. The highest BCUT2D eigenvalue weighted by Gasteiger charge is 2.17. The Morgan fingerprint density at radius 3 is 2.68 bits per heavy atom. The van der Waals surface area contributed by atoms with Crippen molar-refractivity contribution < 1.29 is 14.6 Å². The number of rotatable bonds is 5. The first-order valence-electron chi connectivity index (χ1n) is 7.09. The Hall–Kier alpha value is -1.51. The predicted molar refractivity (Wildman–Crippen MR) is 74.8 cm³/mol. The van der Waals surface area contributed by atoms with Gasteiger partial charge in [-0.1, -0.05) is 31.4 Å². The molecule has 19 heavy (non-hydrogen) atoms. The van der Waals surface area contributed by atoms with Crippen molar-refractivity contribution in [1.82, 2.24) is 0 Å². The van der Waals surface area contributed by atoms with E-state index in [1.807, 2.05) is 6.07 Å². The van der Waals surface area contributed by atoms with Crippen LogP contribution >= 0.6 is 0 Å². The lowest BCUT2D eigenvalue weighted by Crippen LogP contribution is -2.06. The molecular weight excluding hydrogens is 240 g/mol. The second-order valence-electron chi connectivity index (χ2n) is 5.30. The van der Waals surface area contributed by atoms with E-state index in [4.69, 9.17) is 9.84 Å². The molecule has 1 aromatic carbocycles. The van der Waals surface area contributed by atoms with E-state index in [0.29, 0.717) is 12.3 Å². The fraction of sp³-hybridized carbons (Fsp3) is 0.562. The number of aliphatic carboxylic acids is 1. The topological polar surface area (TPSA) is 46.5 Å². The minimum absolute atomic E-state index is 0.157. The first-order chi connectivity index (χ1) is 9.20. The predicted octanol–water partition coefficient (Wildman–Crippen LogP) is 3.76. The van der Waals surface area contributed by atoms with E-state index >= 15 is 0 Å². The van der Waals surface area contributed by atoms with Gasteiger partial charge in [0, 0.05) is 6.42 Å². The van der Waals surface area contributed by atoms with Gasteiger partial charge in [-0.3, -0.25) is 4.79 Å². The van der Waals surface area contributed by atoms with Crippen LogP contribution in [0, 0.1) is 0 Å². The number of carboxylic acid groups (broad SMARTS) is 1. The third kappa shape index (κ3) is 3.72. The van der Waals surface area contributed by atoms with Gasteiger partial charge >= 0.3 is 5.97 Å². The van der Waals surface area contributed by atoms with E-state index in [9.17, 15) is 4.79 Å². The fourth-order valence-corrected chi connectivity index (χ4v) is 2.93. The number of carbonyl (C=O) groups is 1. The van der Waals surface area contributed by atoms with Gasteiger partial charge in [-0.05, 0) is 42.4 Å². The minimum Gasteiger partial charge on any atom is -0.496 e. The summed E-state index contributed by atoms with van der Waals surface area (Å²) in [5.74, 6) is 0.689. The van der Waals surface area contributed by atoms with Gasteiger partial charge in [0.15, 0.2) is 0 Å². The van der Waals surface area contributed by atoms with E-state index < -0.39 is 5.97 Å². The van der Waals surface area contributed by atoms with Gasteiger partial charge in [0.05, 0.1) is 7.11 Å². The molecule has 0 heterocycles. The quantitative estimate of drug-likeness (QED) is 0.878. The van der Waals surface area contributed by atoms with Crippen molar-refractivity contribution in [3.05, 3.63) is 29.3 Å². The van der Waals surface area contributed by atoms with Crippen molar-refractivity contribution in [3.8, 4) is 5.75 Å².